The Balaban J connectivity index is 1.64. The first-order valence-electron chi connectivity index (χ1n) is 9.55. The molecule has 4 rings (SSSR count). The van der Waals surface area contributed by atoms with Crippen LogP contribution in [0.4, 0.5) is 10.7 Å². The molecule has 0 spiro atoms. The highest BCUT2D eigenvalue weighted by molar-refractivity contribution is 7.19. The van der Waals surface area contributed by atoms with Gasteiger partial charge in [0, 0.05) is 42.7 Å². The molecule has 1 fully saturated rings. The van der Waals surface area contributed by atoms with Crippen molar-refractivity contribution < 1.29 is 9.53 Å². The van der Waals surface area contributed by atoms with Crippen LogP contribution in [0.15, 0.2) is 65.5 Å². The third-order valence-electron chi connectivity index (χ3n) is 4.76. The van der Waals surface area contributed by atoms with Crippen molar-refractivity contribution >= 4 is 27.9 Å². The number of amides is 1. The fraction of sp³-hybridized carbons (Fsp3) is 0.217. The minimum atomic E-state index is -0.0881. The summed E-state index contributed by atoms with van der Waals surface area (Å²) in [6.45, 7) is 4.48. The highest BCUT2D eigenvalue weighted by Crippen LogP contribution is 2.32. The van der Waals surface area contributed by atoms with Gasteiger partial charge in [-0.15, -0.1) is 11.3 Å². The normalized spacial score (nSPS) is 13.9. The minimum absolute atomic E-state index is 0.0188. The van der Waals surface area contributed by atoms with Gasteiger partial charge in [0.25, 0.3) is 0 Å². The van der Waals surface area contributed by atoms with Gasteiger partial charge in [0.15, 0.2) is 5.43 Å². The second-order valence-corrected chi connectivity index (χ2v) is 8.00. The van der Waals surface area contributed by atoms with Gasteiger partial charge >= 0.3 is 0 Å². The van der Waals surface area contributed by atoms with Crippen molar-refractivity contribution in [2.75, 3.05) is 36.5 Å². The van der Waals surface area contributed by atoms with Gasteiger partial charge in [0.2, 0.25) is 5.91 Å². The van der Waals surface area contributed by atoms with Crippen LogP contribution in [0.1, 0.15) is 6.92 Å². The molecule has 1 N–H and O–H groups in total. The van der Waals surface area contributed by atoms with Crippen LogP contribution in [0.25, 0.3) is 21.6 Å². The largest absolute Gasteiger partial charge is 0.378 e. The summed E-state index contributed by atoms with van der Waals surface area (Å²) in [5.74, 6) is -0.0881. The SMILES string of the molecule is CC(=O)Nc1ccc(-c2cccc(-c3cc(=O)cc(N4CCOCC4)s3)c2)cc1. The zero-order valence-corrected chi connectivity index (χ0v) is 17.0. The fourth-order valence-corrected chi connectivity index (χ4v) is 4.48. The van der Waals surface area contributed by atoms with Crippen molar-refractivity contribution in [3.8, 4) is 21.6 Å². The summed E-state index contributed by atoms with van der Waals surface area (Å²) in [5, 5.41) is 3.77. The summed E-state index contributed by atoms with van der Waals surface area (Å²) in [5.41, 5.74) is 3.93. The summed E-state index contributed by atoms with van der Waals surface area (Å²) in [7, 11) is 0. The van der Waals surface area contributed by atoms with E-state index in [2.05, 4.69) is 16.3 Å². The molecule has 0 aliphatic carbocycles. The van der Waals surface area contributed by atoms with E-state index < -0.39 is 0 Å². The molecule has 0 radical (unpaired) electrons. The molecule has 5 nitrogen and oxygen atoms in total. The second-order valence-electron chi connectivity index (χ2n) is 6.93. The number of rotatable bonds is 4. The standard InChI is InChI=1S/C23H22N2O3S/c1-16(26)24-20-7-5-17(6-8-20)18-3-2-4-19(13-18)22-14-21(27)15-23(29-22)25-9-11-28-12-10-25/h2-8,13-15H,9-12H2,1H3,(H,24,26). The highest BCUT2D eigenvalue weighted by Gasteiger charge is 2.14. The Morgan fingerprint density at radius 2 is 1.69 bits per heavy atom. The maximum Gasteiger partial charge on any atom is 0.221 e. The van der Waals surface area contributed by atoms with Crippen molar-refractivity contribution in [2.45, 2.75) is 6.92 Å². The van der Waals surface area contributed by atoms with E-state index >= 15 is 0 Å². The zero-order chi connectivity index (χ0) is 20.2. The van der Waals surface area contributed by atoms with Gasteiger partial charge in [0.1, 0.15) is 0 Å². The van der Waals surface area contributed by atoms with E-state index in [9.17, 15) is 9.59 Å². The smallest absolute Gasteiger partial charge is 0.221 e. The predicted molar refractivity (Wildman–Crippen MR) is 119 cm³/mol. The van der Waals surface area contributed by atoms with Gasteiger partial charge in [-0.25, -0.2) is 0 Å². The molecule has 29 heavy (non-hydrogen) atoms. The Kier molecular flexibility index (Phi) is 5.74. The topological polar surface area (TPSA) is 58.6 Å². The molecule has 1 aromatic heterocycles. The van der Waals surface area contributed by atoms with Crippen molar-refractivity contribution in [1.29, 1.82) is 0 Å². The summed E-state index contributed by atoms with van der Waals surface area (Å²) in [4.78, 5) is 26.7. The molecule has 2 aromatic carbocycles. The molecule has 0 atom stereocenters. The Hall–Kier alpha value is -2.96. The number of morpholine rings is 1. The van der Waals surface area contributed by atoms with Crippen LogP contribution in [0, 0.1) is 0 Å². The lowest BCUT2D eigenvalue weighted by atomic mass is 10.0. The molecule has 2 heterocycles. The van der Waals surface area contributed by atoms with Crippen LogP contribution >= 0.6 is 11.3 Å². The van der Waals surface area contributed by atoms with Gasteiger partial charge in [-0.1, -0.05) is 30.3 Å². The molecule has 1 amide bonds. The van der Waals surface area contributed by atoms with E-state index in [0.717, 1.165) is 45.3 Å². The molecular formula is C23H22N2O3S. The average Bonchev–Trinajstić information content (AvgIpc) is 2.74. The average molecular weight is 407 g/mol. The predicted octanol–water partition coefficient (Wildman–Crippen LogP) is 4.24. The number of nitrogens with zero attached hydrogens (tertiary/aromatic N) is 1. The zero-order valence-electron chi connectivity index (χ0n) is 16.2. The molecule has 3 aromatic rings. The summed E-state index contributed by atoms with van der Waals surface area (Å²) in [6, 6.07) is 19.3. The lowest BCUT2D eigenvalue weighted by Crippen LogP contribution is -2.36. The van der Waals surface area contributed by atoms with Crippen LogP contribution < -0.4 is 15.6 Å². The van der Waals surface area contributed by atoms with Crippen LogP contribution in [-0.2, 0) is 9.53 Å². The van der Waals surface area contributed by atoms with E-state index in [1.54, 1.807) is 23.5 Å². The van der Waals surface area contributed by atoms with E-state index in [-0.39, 0.29) is 11.3 Å². The van der Waals surface area contributed by atoms with E-state index in [1.165, 1.54) is 6.92 Å². The second kappa shape index (κ2) is 8.59. The number of benzene rings is 2. The number of carbonyl (C=O) groups excluding carboxylic acids is 1. The van der Waals surface area contributed by atoms with E-state index in [1.807, 2.05) is 42.5 Å². The Bertz CT molecular complexity index is 1070. The van der Waals surface area contributed by atoms with Crippen molar-refractivity contribution in [2.24, 2.45) is 0 Å². The summed E-state index contributed by atoms with van der Waals surface area (Å²) in [6.07, 6.45) is 0. The first kappa shape index (κ1) is 19.4. The Morgan fingerprint density at radius 3 is 2.41 bits per heavy atom. The van der Waals surface area contributed by atoms with Gasteiger partial charge in [-0.05, 0) is 34.9 Å². The first-order chi connectivity index (χ1) is 14.1. The lowest BCUT2D eigenvalue weighted by molar-refractivity contribution is -0.114. The van der Waals surface area contributed by atoms with Crippen LogP contribution in [0.2, 0.25) is 0 Å². The van der Waals surface area contributed by atoms with Gasteiger partial charge in [-0.2, -0.15) is 0 Å². The maximum atomic E-state index is 12.3. The lowest BCUT2D eigenvalue weighted by Gasteiger charge is -2.28. The van der Waals surface area contributed by atoms with Crippen LogP contribution in [-0.4, -0.2) is 32.2 Å². The molecule has 148 valence electrons. The molecule has 0 saturated carbocycles. The third-order valence-corrected chi connectivity index (χ3v) is 5.92. The molecule has 1 aliphatic rings. The van der Waals surface area contributed by atoms with Gasteiger partial charge in [0.05, 0.1) is 18.2 Å². The molecule has 0 unspecified atom stereocenters. The van der Waals surface area contributed by atoms with Crippen molar-refractivity contribution in [1.82, 2.24) is 0 Å². The van der Waals surface area contributed by atoms with E-state index in [4.69, 9.17) is 4.74 Å². The molecule has 1 saturated heterocycles. The molecule has 0 bridgehead atoms. The quantitative estimate of drug-likeness (QED) is 0.704. The van der Waals surface area contributed by atoms with Crippen molar-refractivity contribution in [3.63, 3.8) is 0 Å². The number of hydrogen-bond acceptors (Lipinski definition) is 5. The number of hydrogen-bond donors (Lipinski definition) is 1. The number of anilines is 2. The van der Waals surface area contributed by atoms with Crippen molar-refractivity contribution in [3.05, 3.63) is 70.9 Å². The molecule has 6 heteroatoms. The van der Waals surface area contributed by atoms with Gasteiger partial charge in [-0.3, -0.25) is 9.59 Å². The maximum absolute atomic E-state index is 12.3. The summed E-state index contributed by atoms with van der Waals surface area (Å²) < 4.78 is 5.42. The Labute approximate surface area is 173 Å². The number of nitrogens with one attached hydrogen (secondary N) is 1. The highest BCUT2D eigenvalue weighted by atomic mass is 32.1. The van der Waals surface area contributed by atoms with Crippen LogP contribution in [0.5, 0.6) is 0 Å². The molecular weight excluding hydrogens is 384 g/mol. The monoisotopic (exact) mass is 406 g/mol. The Morgan fingerprint density at radius 1 is 0.966 bits per heavy atom. The number of carbonyl (C=O) groups is 1. The van der Waals surface area contributed by atoms with Gasteiger partial charge < -0.3 is 15.0 Å². The third kappa shape index (κ3) is 4.72. The summed E-state index contributed by atoms with van der Waals surface area (Å²) >= 11 is 1.63. The van der Waals surface area contributed by atoms with E-state index in [0.29, 0.717) is 13.2 Å². The first-order valence-corrected chi connectivity index (χ1v) is 10.4. The van der Waals surface area contributed by atoms with Crippen LogP contribution in [0.3, 0.4) is 0 Å². The molecule has 1 aliphatic heterocycles. The fourth-order valence-electron chi connectivity index (χ4n) is 3.35. The number of ether oxygens (including phenoxy) is 1. The minimum Gasteiger partial charge on any atom is -0.378 e.